The van der Waals surface area contributed by atoms with Crippen molar-refractivity contribution in [3.8, 4) is 0 Å². The molecule has 1 saturated carbocycles. The van der Waals surface area contributed by atoms with Gasteiger partial charge in [-0.1, -0.05) is 19.3 Å². The summed E-state index contributed by atoms with van der Waals surface area (Å²) in [6.45, 7) is 0. The number of rotatable bonds is 3. The quantitative estimate of drug-likeness (QED) is 0.753. The van der Waals surface area contributed by atoms with E-state index in [9.17, 15) is 9.59 Å². The van der Waals surface area contributed by atoms with Crippen molar-refractivity contribution in [3.63, 3.8) is 0 Å². The monoisotopic (exact) mass is 352 g/mol. The van der Waals surface area contributed by atoms with Crippen molar-refractivity contribution >= 4 is 22.6 Å². The van der Waals surface area contributed by atoms with Gasteiger partial charge in [0.1, 0.15) is 11.5 Å². The lowest BCUT2D eigenvalue weighted by atomic mass is 9.87. The number of aromatic nitrogens is 5. The molecule has 1 fully saturated rings. The van der Waals surface area contributed by atoms with Gasteiger partial charge in [0.15, 0.2) is 0 Å². The number of carbonyl (C=O) groups excluding carboxylic acids is 1. The van der Waals surface area contributed by atoms with Gasteiger partial charge in [-0.05, 0) is 18.9 Å². The molecule has 0 saturated heterocycles. The standard InChI is InChI=1S/C18H20N6O2/c1-24-16(8-13(23-24)11-5-3-2-4-6-11)22-18(26)14-7-12-15(9-19-14)20-10-21-17(12)25/h7-11H,2-6H2,1H3,(H,22,26)(H,20,21,25). The predicted octanol–water partition coefficient (Wildman–Crippen LogP) is 2.35. The number of H-pyrrole nitrogens is 1. The molecule has 0 aromatic carbocycles. The van der Waals surface area contributed by atoms with Gasteiger partial charge in [0, 0.05) is 19.0 Å². The molecule has 1 aliphatic rings. The van der Waals surface area contributed by atoms with Crippen LogP contribution in [-0.2, 0) is 7.05 Å². The maximum Gasteiger partial charge on any atom is 0.275 e. The van der Waals surface area contributed by atoms with Crippen LogP contribution in [0, 0.1) is 0 Å². The fraction of sp³-hybridized carbons (Fsp3) is 0.389. The fourth-order valence-corrected chi connectivity index (χ4v) is 3.48. The Morgan fingerprint density at radius 3 is 2.85 bits per heavy atom. The number of hydrogen-bond acceptors (Lipinski definition) is 5. The van der Waals surface area contributed by atoms with Crippen molar-refractivity contribution in [1.29, 1.82) is 0 Å². The van der Waals surface area contributed by atoms with Crippen molar-refractivity contribution in [1.82, 2.24) is 24.7 Å². The number of aromatic amines is 1. The molecule has 0 bridgehead atoms. The molecule has 4 rings (SSSR count). The molecule has 0 unspecified atom stereocenters. The zero-order valence-electron chi connectivity index (χ0n) is 14.5. The second-order valence-electron chi connectivity index (χ2n) is 6.69. The average Bonchev–Trinajstić information content (AvgIpc) is 3.03. The summed E-state index contributed by atoms with van der Waals surface area (Å²) in [4.78, 5) is 35.1. The first kappa shape index (κ1) is 16.4. The fourth-order valence-electron chi connectivity index (χ4n) is 3.48. The van der Waals surface area contributed by atoms with Gasteiger partial charge < -0.3 is 10.3 Å². The molecule has 2 N–H and O–H groups in total. The molecule has 1 amide bonds. The lowest BCUT2D eigenvalue weighted by molar-refractivity contribution is 0.102. The van der Waals surface area contributed by atoms with Crippen molar-refractivity contribution in [2.45, 2.75) is 38.0 Å². The topological polar surface area (TPSA) is 106 Å². The van der Waals surface area contributed by atoms with Gasteiger partial charge in [-0.3, -0.25) is 14.3 Å². The Balaban J connectivity index is 1.57. The lowest BCUT2D eigenvalue weighted by Crippen LogP contribution is -2.17. The smallest absolute Gasteiger partial charge is 0.275 e. The highest BCUT2D eigenvalue weighted by Gasteiger charge is 2.20. The summed E-state index contributed by atoms with van der Waals surface area (Å²) in [6, 6.07) is 3.39. The number of aryl methyl sites for hydroxylation is 1. The van der Waals surface area contributed by atoms with Crippen LogP contribution in [0.1, 0.15) is 54.2 Å². The molecule has 0 atom stereocenters. The van der Waals surface area contributed by atoms with Crippen LogP contribution in [0.15, 0.2) is 29.5 Å². The zero-order chi connectivity index (χ0) is 18.1. The van der Waals surface area contributed by atoms with Gasteiger partial charge in [0.25, 0.3) is 11.5 Å². The van der Waals surface area contributed by atoms with Gasteiger partial charge in [0.2, 0.25) is 0 Å². The maximum absolute atomic E-state index is 12.6. The number of fused-ring (bicyclic) bond motifs is 1. The minimum atomic E-state index is -0.381. The molecular weight excluding hydrogens is 332 g/mol. The molecule has 3 aromatic heterocycles. The van der Waals surface area contributed by atoms with E-state index in [-0.39, 0.29) is 17.2 Å². The predicted molar refractivity (Wildman–Crippen MR) is 97.1 cm³/mol. The van der Waals surface area contributed by atoms with E-state index in [0.717, 1.165) is 18.5 Å². The van der Waals surface area contributed by atoms with Crippen LogP contribution in [-0.4, -0.2) is 30.6 Å². The molecule has 134 valence electrons. The third-order valence-corrected chi connectivity index (χ3v) is 4.92. The highest BCUT2D eigenvalue weighted by molar-refractivity contribution is 6.04. The first-order valence-electron chi connectivity index (χ1n) is 8.80. The summed E-state index contributed by atoms with van der Waals surface area (Å²) >= 11 is 0. The van der Waals surface area contributed by atoms with E-state index in [4.69, 9.17) is 0 Å². The molecule has 0 aliphatic heterocycles. The molecule has 3 aromatic rings. The zero-order valence-corrected chi connectivity index (χ0v) is 14.5. The van der Waals surface area contributed by atoms with E-state index in [0.29, 0.717) is 22.6 Å². The lowest BCUT2D eigenvalue weighted by Gasteiger charge is -2.19. The Bertz CT molecular complexity index is 1020. The second-order valence-corrected chi connectivity index (χ2v) is 6.69. The van der Waals surface area contributed by atoms with Crippen LogP contribution < -0.4 is 10.9 Å². The van der Waals surface area contributed by atoms with E-state index in [1.54, 1.807) is 4.68 Å². The number of nitrogens with zero attached hydrogens (tertiary/aromatic N) is 4. The van der Waals surface area contributed by atoms with E-state index in [2.05, 4.69) is 25.4 Å². The molecule has 26 heavy (non-hydrogen) atoms. The molecule has 1 aliphatic carbocycles. The Kier molecular flexibility index (Phi) is 4.24. The largest absolute Gasteiger partial charge is 0.313 e. The summed E-state index contributed by atoms with van der Waals surface area (Å²) in [7, 11) is 1.81. The summed E-state index contributed by atoms with van der Waals surface area (Å²) in [5, 5.41) is 7.73. The summed E-state index contributed by atoms with van der Waals surface area (Å²) in [5.41, 5.74) is 1.34. The SMILES string of the molecule is Cn1nc(C2CCCCC2)cc1NC(=O)c1cc2c(=O)[nH]cnc2cn1. The number of pyridine rings is 1. The third kappa shape index (κ3) is 3.10. The van der Waals surface area contributed by atoms with Crippen LogP contribution in [0.2, 0.25) is 0 Å². The first-order chi connectivity index (χ1) is 12.6. The first-order valence-corrected chi connectivity index (χ1v) is 8.80. The summed E-state index contributed by atoms with van der Waals surface area (Å²) in [5.74, 6) is 0.704. The number of carbonyl (C=O) groups is 1. The highest BCUT2D eigenvalue weighted by atomic mass is 16.2. The van der Waals surface area contributed by atoms with Crippen molar-refractivity contribution in [2.24, 2.45) is 7.05 Å². The Morgan fingerprint density at radius 2 is 2.04 bits per heavy atom. The van der Waals surface area contributed by atoms with Crippen LogP contribution in [0.4, 0.5) is 5.82 Å². The molecule has 3 heterocycles. The third-order valence-electron chi connectivity index (χ3n) is 4.92. The van der Waals surface area contributed by atoms with Crippen molar-refractivity contribution in [3.05, 3.63) is 46.4 Å². The van der Waals surface area contributed by atoms with Gasteiger partial charge >= 0.3 is 0 Å². The normalized spacial score (nSPS) is 15.3. The number of amides is 1. The Morgan fingerprint density at radius 1 is 1.23 bits per heavy atom. The van der Waals surface area contributed by atoms with Crippen LogP contribution >= 0.6 is 0 Å². The minimum absolute atomic E-state index is 0.163. The van der Waals surface area contributed by atoms with Crippen molar-refractivity contribution in [2.75, 3.05) is 5.32 Å². The maximum atomic E-state index is 12.6. The molecule has 8 nitrogen and oxygen atoms in total. The van der Waals surface area contributed by atoms with E-state index >= 15 is 0 Å². The van der Waals surface area contributed by atoms with Crippen LogP contribution in [0.5, 0.6) is 0 Å². The summed E-state index contributed by atoms with van der Waals surface area (Å²) in [6.07, 6.45) is 8.77. The number of anilines is 1. The van der Waals surface area contributed by atoms with Crippen molar-refractivity contribution < 1.29 is 4.79 Å². The molecule has 8 heteroatoms. The minimum Gasteiger partial charge on any atom is -0.313 e. The van der Waals surface area contributed by atoms with Gasteiger partial charge in [-0.2, -0.15) is 5.10 Å². The van der Waals surface area contributed by atoms with Gasteiger partial charge in [0.05, 0.1) is 29.1 Å². The Labute approximate surface area is 149 Å². The van der Waals surface area contributed by atoms with Gasteiger partial charge in [-0.25, -0.2) is 9.97 Å². The molecule has 0 spiro atoms. The van der Waals surface area contributed by atoms with Crippen LogP contribution in [0.3, 0.4) is 0 Å². The highest BCUT2D eigenvalue weighted by Crippen LogP contribution is 2.32. The Hall–Kier alpha value is -3.03. The van der Waals surface area contributed by atoms with E-state index in [1.807, 2.05) is 13.1 Å². The van der Waals surface area contributed by atoms with Gasteiger partial charge in [-0.15, -0.1) is 0 Å². The molecule has 0 radical (unpaired) electrons. The van der Waals surface area contributed by atoms with E-state index in [1.165, 1.54) is 37.9 Å². The van der Waals surface area contributed by atoms with E-state index < -0.39 is 0 Å². The average molecular weight is 352 g/mol. The molecular formula is C18H20N6O2. The van der Waals surface area contributed by atoms with Crippen LogP contribution in [0.25, 0.3) is 10.9 Å². The summed E-state index contributed by atoms with van der Waals surface area (Å²) < 4.78 is 1.68. The number of nitrogens with one attached hydrogen (secondary N) is 2. The number of hydrogen-bond donors (Lipinski definition) is 2. The second kappa shape index (κ2) is 6.70.